The minimum absolute atomic E-state index is 0.387. The van der Waals surface area contributed by atoms with Gasteiger partial charge in [-0.2, -0.15) is 0 Å². The lowest BCUT2D eigenvalue weighted by Crippen LogP contribution is -2.29. The van der Waals surface area contributed by atoms with Crippen LogP contribution in [-0.2, 0) is 11.3 Å². The van der Waals surface area contributed by atoms with Gasteiger partial charge in [0.2, 0.25) is 0 Å². The lowest BCUT2D eigenvalue weighted by Gasteiger charge is -2.12. The molecule has 1 N–H and O–H groups in total. The van der Waals surface area contributed by atoms with Gasteiger partial charge in [-0.25, -0.2) is 0 Å². The van der Waals surface area contributed by atoms with E-state index in [0.29, 0.717) is 6.04 Å². The fourth-order valence-electron chi connectivity index (χ4n) is 1.10. The molecule has 1 rings (SSSR count). The van der Waals surface area contributed by atoms with Gasteiger partial charge in [0.1, 0.15) is 0 Å². The highest BCUT2D eigenvalue weighted by Gasteiger charge is 1.99. The van der Waals surface area contributed by atoms with E-state index in [2.05, 4.69) is 17.2 Å². The molecule has 0 spiro atoms. The number of hydrogen-bond acceptors (Lipinski definition) is 3. The Labute approximate surface area is 79.1 Å². The van der Waals surface area contributed by atoms with Crippen molar-refractivity contribution in [2.75, 3.05) is 13.7 Å². The summed E-state index contributed by atoms with van der Waals surface area (Å²) in [5.74, 6) is 0. The molecule has 13 heavy (non-hydrogen) atoms. The highest BCUT2D eigenvalue weighted by molar-refractivity contribution is 5.09. The molecule has 0 amide bonds. The van der Waals surface area contributed by atoms with Crippen molar-refractivity contribution in [2.24, 2.45) is 0 Å². The van der Waals surface area contributed by atoms with E-state index in [0.717, 1.165) is 13.2 Å². The van der Waals surface area contributed by atoms with E-state index in [1.807, 2.05) is 12.1 Å². The number of ether oxygens (including phenoxy) is 1. The Morgan fingerprint density at radius 2 is 2.15 bits per heavy atom. The summed E-state index contributed by atoms with van der Waals surface area (Å²) in [5, 5.41) is 3.35. The largest absolute Gasteiger partial charge is 0.383 e. The van der Waals surface area contributed by atoms with Gasteiger partial charge in [0, 0.05) is 32.1 Å². The van der Waals surface area contributed by atoms with E-state index in [9.17, 15) is 0 Å². The second-order valence-electron chi connectivity index (χ2n) is 3.09. The van der Waals surface area contributed by atoms with E-state index in [1.54, 1.807) is 19.5 Å². The summed E-state index contributed by atoms with van der Waals surface area (Å²) in [7, 11) is 1.71. The molecule has 0 aromatic carbocycles. The molecule has 0 radical (unpaired) electrons. The molecule has 3 heteroatoms. The van der Waals surface area contributed by atoms with Crippen LogP contribution in [0, 0.1) is 0 Å². The zero-order valence-corrected chi connectivity index (χ0v) is 8.16. The number of methoxy groups -OCH3 is 1. The van der Waals surface area contributed by atoms with Crippen molar-refractivity contribution in [3.05, 3.63) is 30.1 Å². The Hall–Kier alpha value is -0.930. The van der Waals surface area contributed by atoms with Gasteiger partial charge in [-0.15, -0.1) is 0 Å². The fraction of sp³-hybridized carbons (Fsp3) is 0.500. The smallest absolute Gasteiger partial charge is 0.0613 e. The van der Waals surface area contributed by atoms with E-state index < -0.39 is 0 Å². The second kappa shape index (κ2) is 5.67. The first-order valence-corrected chi connectivity index (χ1v) is 4.44. The van der Waals surface area contributed by atoms with E-state index in [4.69, 9.17) is 4.74 Å². The maximum atomic E-state index is 5.02. The van der Waals surface area contributed by atoms with Crippen LogP contribution in [0.15, 0.2) is 24.5 Å². The number of aromatic nitrogens is 1. The van der Waals surface area contributed by atoms with Crippen molar-refractivity contribution in [3.63, 3.8) is 0 Å². The van der Waals surface area contributed by atoms with Gasteiger partial charge in [-0.1, -0.05) is 0 Å². The third-order valence-electron chi connectivity index (χ3n) is 1.82. The average molecular weight is 180 g/mol. The van der Waals surface area contributed by atoms with Crippen LogP contribution in [0.2, 0.25) is 0 Å². The van der Waals surface area contributed by atoms with Gasteiger partial charge in [0.25, 0.3) is 0 Å². The summed E-state index contributed by atoms with van der Waals surface area (Å²) >= 11 is 0. The minimum atomic E-state index is 0.387. The van der Waals surface area contributed by atoms with Crippen molar-refractivity contribution in [3.8, 4) is 0 Å². The molecule has 1 aromatic rings. The average Bonchev–Trinajstić information content (AvgIpc) is 2.17. The molecule has 0 aliphatic rings. The molecular formula is C10H16N2O. The van der Waals surface area contributed by atoms with Gasteiger partial charge in [-0.05, 0) is 24.6 Å². The summed E-state index contributed by atoms with van der Waals surface area (Å²) in [6.07, 6.45) is 3.61. The van der Waals surface area contributed by atoms with Crippen LogP contribution in [-0.4, -0.2) is 24.7 Å². The maximum absolute atomic E-state index is 5.02. The van der Waals surface area contributed by atoms with Crippen LogP contribution in [0.5, 0.6) is 0 Å². The highest BCUT2D eigenvalue weighted by atomic mass is 16.5. The first-order valence-electron chi connectivity index (χ1n) is 4.44. The number of nitrogens with zero attached hydrogens (tertiary/aromatic N) is 1. The SMILES string of the molecule is COC[C@@H](C)NCc1ccncc1. The van der Waals surface area contributed by atoms with Crippen molar-refractivity contribution in [1.29, 1.82) is 0 Å². The van der Waals surface area contributed by atoms with Crippen molar-refractivity contribution < 1.29 is 4.74 Å². The zero-order chi connectivity index (χ0) is 9.52. The molecule has 1 atom stereocenters. The molecule has 0 bridgehead atoms. The summed E-state index contributed by atoms with van der Waals surface area (Å²) in [5.41, 5.74) is 1.25. The van der Waals surface area contributed by atoms with Crippen LogP contribution in [0.4, 0.5) is 0 Å². The standard InChI is InChI=1S/C10H16N2O/c1-9(8-13-2)12-7-10-3-5-11-6-4-10/h3-6,9,12H,7-8H2,1-2H3/t9-/m1/s1. The van der Waals surface area contributed by atoms with Crippen molar-refractivity contribution >= 4 is 0 Å². The Morgan fingerprint density at radius 1 is 1.46 bits per heavy atom. The van der Waals surface area contributed by atoms with Crippen LogP contribution in [0.25, 0.3) is 0 Å². The quantitative estimate of drug-likeness (QED) is 0.739. The van der Waals surface area contributed by atoms with Gasteiger partial charge in [0.15, 0.2) is 0 Å². The normalized spacial score (nSPS) is 12.8. The minimum Gasteiger partial charge on any atom is -0.383 e. The predicted octanol–water partition coefficient (Wildman–Crippen LogP) is 1.21. The topological polar surface area (TPSA) is 34.1 Å². The van der Waals surface area contributed by atoms with Gasteiger partial charge in [-0.3, -0.25) is 4.98 Å². The van der Waals surface area contributed by atoms with E-state index in [1.165, 1.54) is 5.56 Å². The Kier molecular flexibility index (Phi) is 4.43. The molecule has 0 aliphatic carbocycles. The number of hydrogen-bond donors (Lipinski definition) is 1. The number of pyridine rings is 1. The van der Waals surface area contributed by atoms with Gasteiger partial charge in [0.05, 0.1) is 6.61 Å². The van der Waals surface area contributed by atoms with Crippen LogP contribution < -0.4 is 5.32 Å². The van der Waals surface area contributed by atoms with Crippen molar-refractivity contribution in [2.45, 2.75) is 19.5 Å². The summed E-state index contributed by atoms with van der Waals surface area (Å²) in [6, 6.07) is 4.40. The molecular weight excluding hydrogens is 164 g/mol. The predicted molar refractivity (Wildman–Crippen MR) is 52.4 cm³/mol. The van der Waals surface area contributed by atoms with Crippen molar-refractivity contribution in [1.82, 2.24) is 10.3 Å². The first kappa shape index (κ1) is 10.2. The molecule has 3 nitrogen and oxygen atoms in total. The molecule has 0 aliphatic heterocycles. The van der Waals surface area contributed by atoms with Crippen LogP contribution in [0.1, 0.15) is 12.5 Å². The number of nitrogens with one attached hydrogen (secondary N) is 1. The molecule has 1 heterocycles. The lowest BCUT2D eigenvalue weighted by atomic mass is 10.2. The fourth-order valence-corrected chi connectivity index (χ4v) is 1.10. The molecule has 0 saturated carbocycles. The monoisotopic (exact) mass is 180 g/mol. The molecule has 0 saturated heterocycles. The zero-order valence-electron chi connectivity index (χ0n) is 8.16. The highest BCUT2D eigenvalue weighted by Crippen LogP contribution is 1.95. The van der Waals surface area contributed by atoms with Gasteiger partial charge < -0.3 is 10.1 Å². The summed E-state index contributed by atoms with van der Waals surface area (Å²) in [4.78, 5) is 3.96. The van der Waals surface area contributed by atoms with Crippen LogP contribution >= 0.6 is 0 Å². The Morgan fingerprint density at radius 3 is 2.77 bits per heavy atom. The lowest BCUT2D eigenvalue weighted by molar-refractivity contribution is 0.171. The van der Waals surface area contributed by atoms with E-state index in [-0.39, 0.29) is 0 Å². The third-order valence-corrected chi connectivity index (χ3v) is 1.82. The first-order chi connectivity index (χ1) is 6.33. The van der Waals surface area contributed by atoms with Crippen LogP contribution in [0.3, 0.4) is 0 Å². The molecule has 0 fully saturated rings. The molecule has 1 aromatic heterocycles. The Bertz CT molecular complexity index is 226. The summed E-state index contributed by atoms with van der Waals surface area (Å²) < 4.78 is 5.02. The second-order valence-corrected chi connectivity index (χ2v) is 3.09. The van der Waals surface area contributed by atoms with E-state index >= 15 is 0 Å². The Balaban J connectivity index is 2.27. The summed E-state index contributed by atoms with van der Waals surface area (Å²) in [6.45, 7) is 3.71. The number of rotatable bonds is 5. The molecule has 72 valence electrons. The maximum Gasteiger partial charge on any atom is 0.0613 e. The third kappa shape index (κ3) is 4.01. The molecule has 0 unspecified atom stereocenters. The van der Waals surface area contributed by atoms with Gasteiger partial charge >= 0.3 is 0 Å².